The van der Waals surface area contributed by atoms with Crippen LogP contribution in [0.25, 0.3) is 10.2 Å². The van der Waals surface area contributed by atoms with Crippen molar-refractivity contribution in [3.63, 3.8) is 0 Å². The summed E-state index contributed by atoms with van der Waals surface area (Å²) >= 11 is 1.61. The number of aromatic nitrogens is 1. The largest absolute Gasteiger partial charge is 0.331 e. The minimum absolute atomic E-state index is 0.0790. The van der Waals surface area contributed by atoms with Gasteiger partial charge in [0.05, 0.1) is 22.8 Å². The van der Waals surface area contributed by atoms with E-state index >= 15 is 0 Å². The van der Waals surface area contributed by atoms with Crippen LogP contribution in [0.2, 0.25) is 0 Å². The molecule has 1 unspecified atom stereocenters. The number of fused-ring (bicyclic) bond motifs is 1. The normalized spacial score (nSPS) is 15.3. The van der Waals surface area contributed by atoms with Gasteiger partial charge in [-0.3, -0.25) is 0 Å². The predicted octanol–water partition coefficient (Wildman–Crippen LogP) is 5.12. The fourth-order valence-corrected chi connectivity index (χ4v) is 4.44. The van der Waals surface area contributed by atoms with Gasteiger partial charge in [0, 0.05) is 7.05 Å². The summed E-state index contributed by atoms with van der Waals surface area (Å²) in [5.74, 6) is 0.153. The van der Waals surface area contributed by atoms with Crippen molar-refractivity contribution in [2.45, 2.75) is 31.8 Å². The zero-order chi connectivity index (χ0) is 18.8. The highest BCUT2D eigenvalue weighted by Gasteiger charge is 2.30. The SMILES string of the molecule is CN(Cc1nc2ccccc2s1)C(=O)NC(c1ccc(F)cc1)C1CCC1. The Bertz CT molecular complexity index is 903. The number of nitrogens with one attached hydrogen (secondary N) is 1. The fraction of sp³-hybridized carbons (Fsp3) is 0.333. The van der Waals surface area contributed by atoms with Crippen LogP contribution in [-0.2, 0) is 6.54 Å². The molecule has 2 amide bonds. The van der Waals surface area contributed by atoms with E-state index in [0.29, 0.717) is 12.5 Å². The number of urea groups is 1. The first-order chi connectivity index (χ1) is 13.1. The maximum absolute atomic E-state index is 13.3. The second-order valence-corrected chi connectivity index (χ2v) is 8.22. The number of carbonyl (C=O) groups excluding carboxylic acids is 1. The minimum atomic E-state index is -0.259. The second-order valence-electron chi connectivity index (χ2n) is 7.10. The maximum Gasteiger partial charge on any atom is 0.318 e. The zero-order valence-electron chi connectivity index (χ0n) is 15.2. The van der Waals surface area contributed by atoms with Crippen LogP contribution in [0.1, 0.15) is 35.9 Å². The Kier molecular flexibility index (Phi) is 5.07. The smallest absolute Gasteiger partial charge is 0.318 e. The summed E-state index contributed by atoms with van der Waals surface area (Å²) in [5, 5.41) is 4.06. The predicted molar refractivity (Wildman–Crippen MR) is 106 cm³/mol. The van der Waals surface area contributed by atoms with Crippen LogP contribution in [0, 0.1) is 11.7 Å². The number of para-hydroxylation sites is 1. The van der Waals surface area contributed by atoms with Crippen LogP contribution < -0.4 is 5.32 Å². The molecule has 1 N–H and O–H groups in total. The standard InChI is InChI=1S/C21H22FN3OS/c1-25(13-19-23-17-7-2-3-8-18(17)27-19)21(26)24-20(14-5-4-6-14)15-9-11-16(22)12-10-15/h2-3,7-12,14,20H,4-6,13H2,1H3,(H,24,26). The molecule has 0 aliphatic heterocycles. The molecule has 1 aliphatic carbocycles. The van der Waals surface area contributed by atoms with Crippen molar-refractivity contribution in [2.24, 2.45) is 5.92 Å². The monoisotopic (exact) mass is 383 g/mol. The first-order valence-electron chi connectivity index (χ1n) is 9.22. The van der Waals surface area contributed by atoms with Gasteiger partial charge in [-0.25, -0.2) is 14.2 Å². The molecule has 0 saturated heterocycles. The Morgan fingerprint density at radius 1 is 1.26 bits per heavy atom. The lowest BCUT2D eigenvalue weighted by molar-refractivity contribution is 0.182. The van der Waals surface area contributed by atoms with Gasteiger partial charge in [-0.1, -0.05) is 30.7 Å². The lowest BCUT2D eigenvalue weighted by Crippen LogP contribution is -2.42. The molecule has 1 aromatic heterocycles. The molecule has 2 aromatic carbocycles. The minimum Gasteiger partial charge on any atom is -0.331 e. The number of nitrogens with zero attached hydrogens (tertiary/aromatic N) is 2. The zero-order valence-corrected chi connectivity index (χ0v) is 16.0. The third-order valence-electron chi connectivity index (χ3n) is 5.19. The summed E-state index contributed by atoms with van der Waals surface area (Å²) in [6.45, 7) is 0.464. The molecule has 0 bridgehead atoms. The van der Waals surface area contributed by atoms with E-state index in [1.54, 1.807) is 35.4 Å². The van der Waals surface area contributed by atoms with Crippen LogP contribution in [0.5, 0.6) is 0 Å². The molecule has 140 valence electrons. The third-order valence-corrected chi connectivity index (χ3v) is 6.21. The van der Waals surface area contributed by atoms with E-state index in [1.807, 2.05) is 24.3 Å². The van der Waals surface area contributed by atoms with Crippen LogP contribution in [0.4, 0.5) is 9.18 Å². The maximum atomic E-state index is 13.3. The van der Waals surface area contributed by atoms with Gasteiger partial charge in [0.15, 0.2) is 0 Å². The lowest BCUT2D eigenvalue weighted by atomic mass is 9.77. The van der Waals surface area contributed by atoms with E-state index in [-0.39, 0.29) is 17.9 Å². The molecule has 0 spiro atoms. The van der Waals surface area contributed by atoms with Gasteiger partial charge in [-0.05, 0) is 48.6 Å². The fourth-order valence-electron chi connectivity index (χ4n) is 3.42. The Labute approximate surface area is 162 Å². The number of hydrogen-bond donors (Lipinski definition) is 1. The lowest BCUT2D eigenvalue weighted by Gasteiger charge is -2.35. The molecule has 3 aromatic rings. The molecular weight excluding hydrogens is 361 g/mol. The van der Waals surface area contributed by atoms with Crippen molar-refractivity contribution in [2.75, 3.05) is 7.05 Å². The first-order valence-corrected chi connectivity index (χ1v) is 10.0. The summed E-state index contributed by atoms with van der Waals surface area (Å²) in [6, 6.07) is 14.2. The van der Waals surface area contributed by atoms with E-state index in [0.717, 1.165) is 33.6 Å². The molecule has 1 saturated carbocycles. The number of hydrogen-bond acceptors (Lipinski definition) is 3. The van der Waals surface area contributed by atoms with Gasteiger partial charge in [-0.2, -0.15) is 0 Å². The van der Waals surface area contributed by atoms with Crippen LogP contribution in [0.15, 0.2) is 48.5 Å². The molecule has 1 fully saturated rings. The van der Waals surface area contributed by atoms with Gasteiger partial charge in [0.25, 0.3) is 0 Å². The number of carbonyl (C=O) groups is 1. The van der Waals surface area contributed by atoms with Gasteiger partial charge in [-0.15, -0.1) is 11.3 Å². The summed E-state index contributed by atoms with van der Waals surface area (Å²) in [4.78, 5) is 19.0. The molecule has 4 rings (SSSR count). The van der Waals surface area contributed by atoms with Gasteiger partial charge in [0.2, 0.25) is 0 Å². The molecular formula is C21H22FN3OS. The van der Waals surface area contributed by atoms with Gasteiger partial charge < -0.3 is 10.2 Å². The number of benzene rings is 2. The topological polar surface area (TPSA) is 45.2 Å². The molecule has 4 nitrogen and oxygen atoms in total. The third kappa shape index (κ3) is 3.95. The van der Waals surface area contributed by atoms with E-state index in [4.69, 9.17) is 0 Å². The second kappa shape index (κ2) is 7.64. The van der Waals surface area contributed by atoms with Crippen molar-refractivity contribution in [3.8, 4) is 0 Å². The van der Waals surface area contributed by atoms with Crippen molar-refractivity contribution in [3.05, 3.63) is 64.9 Å². The van der Waals surface area contributed by atoms with E-state index in [1.165, 1.54) is 18.6 Å². The van der Waals surface area contributed by atoms with E-state index < -0.39 is 0 Å². The average Bonchev–Trinajstić information content (AvgIpc) is 3.02. The van der Waals surface area contributed by atoms with Crippen LogP contribution in [-0.4, -0.2) is 23.0 Å². The number of rotatable bonds is 5. The molecule has 27 heavy (non-hydrogen) atoms. The Balaban J connectivity index is 1.45. The Morgan fingerprint density at radius 3 is 2.67 bits per heavy atom. The number of halogens is 1. The highest BCUT2D eigenvalue weighted by Crippen LogP contribution is 2.38. The Hall–Kier alpha value is -2.47. The van der Waals surface area contributed by atoms with E-state index in [9.17, 15) is 9.18 Å². The van der Waals surface area contributed by atoms with Crippen LogP contribution in [0.3, 0.4) is 0 Å². The average molecular weight is 383 g/mol. The molecule has 1 aliphatic rings. The summed E-state index contributed by atoms with van der Waals surface area (Å²) in [5.41, 5.74) is 1.92. The molecule has 6 heteroatoms. The molecule has 1 atom stereocenters. The summed E-state index contributed by atoms with van der Waals surface area (Å²) < 4.78 is 14.4. The van der Waals surface area contributed by atoms with Crippen molar-refractivity contribution < 1.29 is 9.18 Å². The number of amides is 2. The highest BCUT2D eigenvalue weighted by atomic mass is 32.1. The van der Waals surface area contributed by atoms with Crippen molar-refractivity contribution >= 4 is 27.6 Å². The summed E-state index contributed by atoms with van der Waals surface area (Å²) in [6.07, 6.45) is 3.35. The Morgan fingerprint density at radius 2 is 2.00 bits per heavy atom. The van der Waals surface area contributed by atoms with Crippen molar-refractivity contribution in [1.82, 2.24) is 15.2 Å². The van der Waals surface area contributed by atoms with Crippen molar-refractivity contribution in [1.29, 1.82) is 0 Å². The molecule has 1 heterocycles. The quantitative estimate of drug-likeness (QED) is 0.665. The van der Waals surface area contributed by atoms with Gasteiger partial charge >= 0.3 is 6.03 Å². The molecule has 0 radical (unpaired) electrons. The van der Waals surface area contributed by atoms with Gasteiger partial charge in [0.1, 0.15) is 10.8 Å². The van der Waals surface area contributed by atoms with E-state index in [2.05, 4.69) is 10.3 Å². The summed E-state index contributed by atoms with van der Waals surface area (Å²) in [7, 11) is 1.78. The number of thiazole rings is 1. The van der Waals surface area contributed by atoms with Crippen LogP contribution >= 0.6 is 11.3 Å². The highest BCUT2D eigenvalue weighted by molar-refractivity contribution is 7.18. The first kappa shape index (κ1) is 17.9.